The van der Waals surface area contributed by atoms with Crippen LogP contribution in [0.3, 0.4) is 0 Å². The maximum atomic E-state index is 2.54. The molecule has 16 aromatic rings. The van der Waals surface area contributed by atoms with Crippen LogP contribution in [0.5, 0.6) is 0 Å². The van der Waals surface area contributed by atoms with E-state index in [2.05, 4.69) is 336 Å². The number of anilines is 3. The van der Waals surface area contributed by atoms with Gasteiger partial charge < -0.3 is 14.0 Å². The summed E-state index contributed by atoms with van der Waals surface area (Å²) >= 11 is 0. The molecule has 0 bridgehead atoms. The lowest BCUT2D eigenvalue weighted by molar-refractivity contribution is 0.749. The summed E-state index contributed by atoms with van der Waals surface area (Å²) in [5, 5.41) is 7.38. The van der Waals surface area contributed by atoms with Crippen LogP contribution in [-0.4, -0.2) is 9.13 Å². The molecule has 0 N–H and O–H groups in total. The zero-order valence-electron chi connectivity index (χ0n) is 46.9. The maximum Gasteiger partial charge on any atom is 0.0754 e. The normalized spacial score (nSPS) is 13.9. The van der Waals surface area contributed by atoms with Crippen molar-refractivity contribution in [2.45, 2.75) is 5.41 Å². The highest BCUT2D eigenvalue weighted by Gasteiger charge is 2.51. The molecule has 3 heteroatoms. The van der Waals surface area contributed by atoms with Crippen LogP contribution in [0.25, 0.3) is 121 Å². The molecule has 1 aliphatic heterocycles. The van der Waals surface area contributed by atoms with Gasteiger partial charge in [0.2, 0.25) is 0 Å². The number of benzene rings is 14. The molecule has 0 saturated heterocycles. The van der Waals surface area contributed by atoms with Crippen molar-refractivity contribution in [3.63, 3.8) is 0 Å². The first-order valence-electron chi connectivity index (χ1n) is 29.8. The molecule has 3 heterocycles. The van der Waals surface area contributed by atoms with Gasteiger partial charge >= 0.3 is 0 Å². The van der Waals surface area contributed by atoms with E-state index in [1.165, 1.54) is 121 Å². The number of hydrogen-bond acceptors (Lipinski definition) is 1. The zero-order chi connectivity index (χ0) is 56.5. The molecule has 2 aromatic heterocycles. The molecule has 18 rings (SSSR count). The SMILES string of the molecule is c1ccc(-c2ccccc2-c2ccccc2N(c2ccc(-c3ccc4c(c3)c3ccccc3n4-c3ccccc3)cc2)c2ccc(-c3ccc4c(c3)C3(c5ccccc5-4)c4ccccc4-n4c5ccccc5c5cccc3c54)c3ccccc23)cc1. The van der Waals surface area contributed by atoms with Gasteiger partial charge in [-0.25, -0.2) is 0 Å². The minimum Gasteiger partial charge on any atom is -0.309 e. The lowest BCUT2D eigenvalue weighted by Crippen LogP contribution is -2.33. The molecule has 0 fully saturated rings. The Hall–Kier alpha value is -11.3. The molecule has 0 radical (unpaired) electrons. The topological polar surface area (TPSA) is 13.1 Å². The molecular formula is C83H53N3. The average Bonchev–Trinajstić information content (AvgIpc) is 1.53. The Morgan fingerprint density at radius 1 is 0.244 bits per heavy atom. The van der Waals surface area contributed by atoms with Crippen molar-refractivity contribution in [3.8, 4) is 67.0 Å². The highest BCUT2D eigenvalue weighted by molar-refractivity contribution is 6.14. The lowest BCUT2D eigenvalue weighted by Gasteiger charge is -2.39. The molecule has 14 aromatic carbocycles. The number of rotatable bonds is 8. The minimum absolute atomic E-state index is 0.562. The summed E-state index contributed by atoms with van der Waals surface area (Å²) in [6.07, 6.45) is 0. The first-order valence-corrected chi connectivity index (χ1v) is 29.8. The maximum absolute atomic E-state index is 2.54. The number of nitrogens with zero attached hydrogens (tertiary/aromatic N) is 3. The second-order valence-electron chi connectivity index (χ2n) is 23.0. The van der Waals surface area contributed by atoms with E-state index in [0.717, 1.165) is 39.3 Å². The summed E-state index contributed by atoms with van der Waals surface area (Å²) in [4.78, 5) is 2.50. The van der Waals surface area contributed by atoms with E-state index in [0.29, 0.717) is 0 Å². The molecule has 3 nitrogen and oxygen atoms in total. The third-order valence-electron chi connectivity index (χ3n) is 18.7. The number of para-hydroxylation sites is 6. The molecule has 2 aliphatic rings. The Labute approximate surface area is 498 Å². The Morgan fingerprint density at radius 3 is 1.59 bits per heavy atom. The van der Waals surface area contributed by atoms with Gasteiger partial charge in [0.25, 0.3) is 0 Å². The lowest BCUT2D eigenvalue weighted by atomic mass is 9.65. The molecule has 86 heavy (non-hydrogen) atoms. The fourth-order valence-electron chi connectivity index (χ4n) is 15.2. The van der Waals surface area contributed by atoms with Crippen molar-refractivity contribution in [1.29, 1.82) is 0 Å². The monoisotopic (exact) mass is 1090 g/mol. The van der Waals surface area contributed by atoms with Crippen molar-refractivity contribution in [3.05, 3.63) is 344 Å². The molecule has 400 valence electrons. The standard InChI is InChI=1S/C83H53N3/c1-3-22-55(23-4-1)60-26-7-8-27-62(60)66-31-12-17-38-76(66)85(59-46-42-54(43-47-59)56-45-50-80-71(52-56)69-33-14-18-39-77(69)84(80)58-24-5-2-6-25-58)79-51-49-61(63-28-9-10-30-67(63)79)57-44-48-65-64-29-11-15-35-72(64)83(75(65)53-57)73-36-16-20-41-81(73)86-78-40-19-13-32-68(78)70-34-21-37-74(83)82(70)86/h1-53H. The van der Waals surface area contributed by atoms with Gasteiger partial charge in [-0.3, -0.25) is 0 Å². The molecule has 0 saturated carbocycles. The van der Waals surface area contributed by atoms with Gasteiger partial charge in [0.15, 0.2) is 0 Å². The largest absolute Gasteiger partial charge is 0.309 e. The van der Waals surface area contributed by atoms with Crippen molar-refractivity contribution >= 4 is 71.4 Å². The van der Waals surface area contributed by atoms with Crippen LogP contribution in [0.15, 0.2) is 322 Å². The summed E-state index contributed by atoms with van der Waals surface area (Å²) in [7, 11) is 0. The second kappa shape index (κ2) is 18.9. The number of fused-ring (bicyclic) bond motifs is 16. The van der Waals surface area contributed by atoms with E-state index in [9.17, 15) is 0 Å². The Balaban J connectivity index is 0.825. The number of aromatic nitrogens is 2. The fraction of sp³-hybridized carbons (Fsp3) is 0.0120. The minimum atomic E-state index is -0.562. The van der Waals surface area contributed by atoms with Crippen LogP contribution < -0.4 is 4.90 Å². The van der Waals surface area contributed by atoms with Crippen molar-refractivity contribution in [2.75, 3.05) is 4.90 Å². The Morgan fingerprint density at radius 2 is 0.791 bits per heavy atom. The predicted octanol–water partition coefficient (Wildman–Crippen LogP) is 21.8. The summed E-state index contributed by atoms with van der Waals surface area (Å²) in [6, 6.07) is 120. The van der Waals surface area contributed by atoms with E-state index in [4.69, 9.17) is 0 Å². The van der Waals surface area contributed by atoms with Gasteiger partial charge in [-0.1, -0.05) is 249 Å². The van der Waals surface area contributed by atoms with Gasteiger partial charge in [0.1, 0.15) is 0 Å². The van der Waals surface area contributed by atoms with Crippen LogP contribution in [0.4, 0.5) is 17.1 Å². The third-order valence-corrected chi connectivity index (χ3v) is 18.7. The Bertz CT molecular complexity index is 5420. The van der Waals surface area contributed by atoms with E-state index in [1.54, 1.807) is 0 Å². The van der Waals surface area contributed by atoms with Crippen LogP contribution in [-0.2, 0) is 5.41 Å². The van der Waals surface area contributed by atoms with Crippen LogP contribution in [0, 0.1) is 0 Å². The first kappa shape index (κ1) is 48.3. The summed E-state index contributed by atoms with van der Waals surface area (Å²) < 4.78 is 4.91. The van der Waals surface area contributed by atoms with Crippen LogP contribution in [0.1, 0.15) is 22.3 Å². The fourth-order valence-corrected chi connectivity index (χ4v) is 15.2. The van der Waals surface area contributed by atoms with Crippen LogP contribution in [0.2, 0.25) is 0 Å². The molecule has 1 aliphatic carbocycles. The quantitative estimate of drug-likeness (QED) is 0.148. The van der Waals surface area contributed by atoms with E-state index >= 15 is 0 Å². The van der Waals surface area contributed by atoms with E-state index in [-0.39, 0.29) is 0 Å². The van der Waals surface area contributed by atoms with Gasteiger partial charge in [-0.2, -0.15) is 0 Å². The van der Waals surface area contributed by atoms with Gasteiger partial charge in [0.05, 0.1) is 44.5 Å². The molecular weight excluding hydrogens is 1040 g/mol. The highest BCUT2D eigenvalue weighted by atomic mass is 15.1. The molecule has 1 spiro atoms. The van der Waals surface area contributed by atoms with Crippen molar-refractivity contribution in [1.82, 2.24) is 9.13 Å². The third kappa shape index (κ3) is 6.91. The van der Waals surface area contributed by atoms with Crippen molar-refractivity contribution < 1.29 is 0 Å². The summed E-state index contributed by atoms with van der Waals surface area (Å²) in [5.74, 6) is 0. The van der Waals surface area contributed by atoms with Crippen LogP contribution >= 0.6 is 0 Å². The Kier molecular flexibility index (Phi) is 10.6. The summed E-state index contributed by atoms with van der Waals surface area (Å²) in [6.45, 7) is 0. The molecule has 0 amide bonds. The van der Waals surface area contributed by atoms with E-state index in [1.807, 2.05) is 0 Å². The number of hydrogen-bond donors (Lipinski definition) is 0. The van der Waals surface area contributed by atoms with Crippen molar-refractivity contribution in [2.24, 2.45) is 0 Å². The van der Waals surface area contributed by atoms with E-state index < -0.39 is 5.41 Å². The molecule has 1 atom stereocenters. The first-order chi connectivity index (χ1) is 42.7. The van der Waals surface area contributed by atoms with Gasteiger partial charge in [0, 0.05) is 43.9 Å². The van der Waals surface area contributed by atoms with Gasteiger partial charge in [-0.05, 0) is 151 Å². The molecule has 1 unspecified atom stereocenters. The van der Waals surface area contributed by atoms with Gasteiger partial charge in [-0.15, -0.1) is 0 Å². The predicted molar refractivity (Wildman–Crippen MR) is 360 cm³/mol. The second-order valence-corrected chi connectivity index (χ2v) is 23.0. The average molecular weight is 1090 g/mol. The highest BCUT2D eigenvalue weighted by Crippen LogP contribution is 2.62. The zero-order valence-corrected chi connectivity index (χ0v) is 46.9. The smallest absolute Gasteiger partial charge is 0.0754 e. The summed E-state index contributed by atoms with van der Waals surface area (Å²) in [5.41, 5.74) is 27.2.